The molecule has 0 N–H and O–H groups in total. The van der Waals surface area contributed by atoms with Crippen LogP contribution in [0.3, 0.4) is 0 Å². The lowest BCUT2D eigenvalue weighted by molar-refractivity contribution is 0.0525. The van der Waals surface area contributed by atoms with E-state index >= 15 is 0 Å². The quantitative estimate of drug-likeness (QED) is 0.762. The first kappa shape index (κ1) is 12.4. The summed E-state index contributed by atoms with van der Waals surface area (Å²) in [5, 5.41) is 0. The average Bonchev–Trinajstić information content (AvgIpc) is 2.40. The van der Waals surface area contributed by atoms with Gasteiger partial charge in [-0.25, -0.2) is 4.79 Å². The van der Waals surface area contributed by atoms with Crippen LogP contribution in [-0.4, -0.2) is 12.6 Å². The summed E-state index contributed by atoms with van der Waals surface area (Å²) in [6.07, 6.45) is 0. The van der Waals surface area contributed by atoms with Gasteiger partial charge < -0.3 is 4.74 Å². The van der Waals surface area contributed by atoms with E-state index in [1.54, 1.807) is 0 Å². The highest BCUT2D eigenvalue weighted by Crippen LogP contribution is 2.22. The number of esters is 1. The van der Waals surface area contributed by atoms with E-state index in [1.165, 1.54) is 0 Å². The molecule has 0 aliphatic rings. The minimum Gasteiger partial charge on any atom is -0.462 e. The van der Waals surface area contributed by atoms with Gasteiger partial charge in [0, 0.05) is 0 Å². The van der Waals surface area contributed by atoms with Crippen molar-refractivity contribution in [3.63, 3.8) is 0 Å². The monoisotopic (exact) mass is 240 g/mol. The van der Waals surface area contributed by atoms with Crippen molar-refractivity contribution in [2.45, 2.75) is 13.8 Å². The molecule has 0 atom stereocenters. The summed E-state index contributed by atoms with van der Waals surface area (Å²) in [6, 6.07) is 15.9. The first-order valence-corrected chi connectivity index (χ1v) is 6.05. The Labute approximate surface area is 107 Å². The summed E-state index contributed by atoms with van der Waals surface area (Å²) in [4.78, 5) is 11.7. The Kier molecular flexibility index (Phi) is 3.78. The van der Waals surface area contributed by atoms with E-state index in [-0.39, 0.29) is 5.97 Å². The zero-order valence-corrected chi connectivity index (χ0v) is 10.6. The molecule has 0 aliphatic heterocycles. The van der Waals surface area contributed by atoms with Gasteiger partial charge in [0.15, 0.2) is 0 Å². The van der Waals surface area contributed by atoms with Crippen LogP contribution in [-0.2, 0) is 4.74 Å². The second-order valence-electron chi connectivity index (χ2n) is 4.12. The van der Waals surface area contributed by atoms with Crippen LogP contribution in [0, 0.1) is 6.92 Å². The molecule has 0 aromatic heterocycles. The van der Waals surface area contributed by atoms with Crippen molar-refractivity contribution in [3.8, 4) is 11.1 Å². The second kappa shape index (κ2) is 5.50. The van der Waals surface area contributed by atoms with Gasteiger partial charge in [-0.1, -0.05) is 42.5 Å². The Morgan fingerprint density at radius 1 is 1.06 bits per heavy atom. The van der Waals surface area contributed by atoms with Gasteiger partial charge in [-0.05, 0) is 36.6 Å². The molecule has 92 valence electrons. The summed E-state index contributed by atoms with van der Waals surface area (Å²) in [5.41, 5.74) is 3.84. The minimum absolute atomic E-state index is 0.255. The molecule has 2 heteroatoms. The van der Waals surface area contributed by atoms with Crippen LogP contribution >= 0.6 is 0 Å². The third-order valence-electron chi connectivity index (χ3n) is 2.83. The van der Waals surface area contributed by atoms with Crippen LogP contribution in [0.2, 0.25) is 0 Å². The lowest BCUT2D eigenvalue weighted by Crippen LogP contribution is -2.06. The molecule has 2 aromatic rings. The Morgan fingerprint density at radius 3 is 2.39 bits per heavy atom. The highest BCUT2D eigenvalue weighted by Gasteiger charge is 2.10. The Balaban J connectivity index is 2.34. The maximum atomic E-state index is 11.7. The van der Waals surface area contributed by atoms with Crippen LogP contribution in [0.1, 0.15) is 22.8 Å². The van der Waals surface area contributed by atoms with Gasteiger partial charge in [-0.3, -0.25) is 0 Å². The maximum absolute atomic E-state index is 11.7. The van der Waals surface area contributed by atoms with E-state index < -0.39 is 0 Å². The Morgan fingerprint density at radius 2 is 1.78 bits per heavy atom. The van der Waals surface area contributed by atoms with E-state index in [0.29, 0.717) is 12.2 Å². The summed E-state index contributed by atoms with van der Waals surface area (Å²) in [6.45, 7) is 4.14. The van der Waals surface area contributed by atoms with Crippen molar-refractivity contribution < 1.29 is 9.53 Å². The molecular formula is C16H16O2. The maximum Gasteiger partial charge on any atom is 0.338 e. The molecule has 0 bridgehead atoms. The van der Waals surface area contributed by atoms with Crippen LogP contribution in [0.15, 0.2) is 48.5 Å². The average molecular weight is 240 g/mol. The van der Waals surface area contributed by atoms with Crippen molar-refractivity contribution in [2.75, 3.05) is 6.61 Å². The zero-order valence-electron chi connectivity index (χ0n) is 10.6. The van der Waals surface area contributed by atoms with Gasteiger partial charge in [-0.15, -0.1) is 0 Å². The van der Waals surface area contributed by atoms with Gasteiger partial charge >= 0.3 is 5.97 Å². The fraction of sp³-hybridized carbons (Fsp3) is 0.188. The molecule has 0 amide bonds. The third-order valence-corrected chi connectivity index (χ3v) is 2.83. The van der Waals surface area contributed by atoms with Gasteiger partial charge in [0.2, 0.25) is 0 Å². The van der Waals surface area contributed by atoms with Crippen molar-refractivity contribution in [2.24, 2.45) is 0 Å². The van der Waals surface area contributed by atoms with E-state index in [1.807, 2.05) is 50.2 Å². The molecular weight excluding hydrogens is 224 g/mol. The van der Waals surface area contributed by atoms with Gasteiger partial charge in [0.1, 0.15) is 0 Å². The number of hydrogen-bond donors (Lipinski definition) is 0. The standard InChI is InChI=1S/C16H16O2/c1-3-18-16(17)15-10-9-14(11-12(15)2)13-7-5-4-6-8-13/h4-11H,3H2,1-2H3. The fourth-order valence-corrected chi connectivity index (χ4v) is 1.91. The number of rotatable bonds is 3. The van der Waals surface area contributed by atoms with Crippen LogP contribution < -0.4 is 0 Å². The normalized spacial score (nSPS) is 10.1. The van der Waals surface area contributed by atoms with Crippen molar-refractivity contribution >= 4 is 5.97 Å². The van der Waals surface area contributed by atoms with E-state index in [0.717, 1.165) is 16.7 Å². The van der Waals surface area contributed by atoms with Gasteiger partial charge in [0.05, 0.1) is 12.2 Å². The topological polar surface area (TPSA) is 26.3 Å². The van der Waals surface area contributed by atoms with Crippen molar-refractivity contribution in [1.82, 2.24) is 0 Å². The molecule has 0 aliphatic carbocycles. The van der Waals surface area contributed by atoms with Crippen LogP contribution in [0.5, 0.6) is 0 Å². The lowest BCUT2D eigenvalue weighted by Gasteiger charge is -2.08. The molecule has 18 heavy (non-hydrogen) atoms. The molecule has 0 heterocycles. The van der Waals surface area contributed by atoms with E-state index in [4.69, 9.17) is 4.74 Å². The number of aryl methyl sites for hydroxylation is 1. The number of benzene rings is 2. The van der Waals surface area contributed by atoms with E-state index in [2.05, 4.69) is 12.1 Å². The van der Waals surface area contributed by atoms with Gasteiger partial charge in [0.25, 0.3) is 0 Å². The smallest absolute Gasteiger partial charge is 0.338 e. The first-order valence-electron chi connectivity index (χ1n) is 6.05. The Hall–Kier alpha value is -2.09. The molecule has 0 spiro atoms. The van der Waals surface area contributed by atoms with Gasteiger partial charge in [-0.2, -0.15) is 0 Å². The highest BCUT2D eigenvalue weighted by molar-refractivity contribution is 5.91. The summed E-state index contributed by atoms with van der Waals surface area (Å²) in [5.74, 6) is -0.255. The lowest BCUT2D eigenvalue weighted by atomic mass is 10.00. The molecule has 2 rings (SSSR count). The van der Waals surface area contributed by atoms with Crippen LogP contribution in [0.4, 0.5) is 0 Å². The number of ether oxygens (including phenoxy) is 1. The van der Waals surface area contributed by atoms with E-state index in [9.17, 15) is 4.79 Å². The molecule has 0 fully saturated rings. The molecule has 0 saturated carbocycles. The first-order chi connectivity index (χ1) is 8.72. The molecule has 2 nitrogen and oxygen atoms in total. The van der Waals surface area contributed by atoms with Crippen molar-refractivity contribution in [1.29, 1.82) is 0 Å². The predicted octanol–water partition coefficient (Wildman–Crippen LogP) is 3.84. The Bertz CT molecular complexity index is 544. The largest absolute Gasteiger partial charge is 0.462 e. The molecule has 2 aromatic carbocycles. The number of carbonyl (C=O) groups is 1. The fourth-order valence-electron chi connectivity index (χ4n) is 1.91. The third kappa shape index (κ3) is 2.59. The molecule has 0 radical (unpaired) electrons. The number of hydrogen-bond acceptors (Lipinski definition) is 2. The number of carbonyl (C=O) groups excluding carboxylic acids is 1. The molecule has 0 saturated heterocycles. The summed E-state index contributed by atoms with van der Waals surface area (Å²) in [7, 11) is 0. The molecule has 0 unspecified atom stereocenters. The minimum atomic E-state index is -0.255. The second-order valence-corrected chi connectivity index (χ2v) is 4.12. The summed E-state index contributed by atoms with van der Waals surface area (Å²) >= 11 is 0. The zero-order chi connectivity index (χ0) is 13.0. The van der Waals surface area contributed by atoms with Crippen LogP contribution in [0.25, 0.3) is 11.1 Å². The van der Waals surface area contributed by atoms with Crippen molar-refractivity contribution in [3.05, 3.63) is 59.7 Å². The highest BCUT2D eigenvalue weighted by atomic mass is 16.5. The SMILES string of the molecule is CCOC(=O)c1ccc(-c2ccccc2)cc1C. The summed E-state index contributed by atoms with van der Waals surface area (Å²) < 4.78 is 5.02. The predicted molar refractivity (Wildman–Crippen MR) is 72.6 cm³/mol.